The lowest BCUT2D eigenvalue weighted by Gasteiger charge is -2.13. The van der Waals surface area contributed by atoms with Crippen molar-refractivity contribution >= 4 is 6.29 Å². The van der Waals surface area contributed by atoms with Gasteiger partial charge in [0.2, 0.25) is 0 Å². The molecule has 3 aromatic rings. The number of hydrogen-bond donors (Lipinski definition) is 0. The average molecular weight is 375 g/mol. The largest absolute Gasteiger partial charge is 0.497 e. The van der Waals surface area contributed by atoms with E-state index in [2.05, 4.69) is 6.07 Å². The Balaban J connectivity index is 2.07. The number of aldehydes is 1. The summed E-state index contributed by atoms with van der Waals surface area (Å²) in [5, 5.41) is 0. The van der Waals surface area contributed by atoms with Crippen LogP contribution in [0.5, 0.6) is 5.75 Å². The third-order valence-electron chi connectivity index (χ3n) is 4.83. The highest BCUT2D eigenvalue weighted by Gasteiger charge is 2.12. The van der Waals surface area contributed by atoms with Crippen molar-refractivity contribution in [3.8, 4) is 28.1 Å². The van der Waals surface area contributed by atoms with Gasteiger partial charge in [-0.3, -0.25) is 9.78 Å². The summed E-state index contributed by atoms with van der Waals surface area (Å²) in [7, 11) is 3.37. The summed E-state index contributed by atoms with van der Waals surface area (Å²) in [5.74, 6) is 0.813. The number of benzene rings is 2. The molecule has 0 aliphatic rings. The minimum absolute atomic E-state index is 0.707. The van der Waals surface area contributed by atoms with E-state index < -0.39 is 0 Å². The maximum Gasteiger partial charge on any atom is 0.150 e. The van der Waals surface area contributed by atoms with Gasteiger partial charge in [0.1, 0.15) is 12.0 Å². The van der Waals surface area contributed by atoms with Gasteiger partial charge in [0, 0.05) is 36.6 Å². The Labute approximate surface area is 166 Å². The van der Waals surface area contributed by atoms with Gasteiger partial charge in [0.05, 0.1) is 12.8 Å². The first kappa shape index (κ1) is 19.8. The van der Waals surface area contributed by atoms with Gasteiger partial charge in [-0.2, -0.15) is 0 Å². The summed E-state index contributed by atoms with van der Waals surface area (Å²) in [6.45, 7) is 2.68. The van der Waals surface area contributed by atoms with Crippen molar-refractivity contribution < 1.29 is 14.3 Å². The molecule has 0 amide bonds. The number of aryl methyl sites for hydroxylation is 2. The minimum atomic E-state index is 0.707. The van der Waals surface area contributed by atoms with Crippen LogP contribution in [-0.4, -0.2) is 32.1 Å². The molecule has 28 heavy (non-hydrogen) atoms. The molecule has 0 unspecified atom stereocenters. The lowest BCUT2D eigenvalue weighted by atomic mass is 9.94. The van der Waals surface area contributed by atoms with Crippen LogP contribution in [0.15, 0.2) is 54.7 Å². The van der Waals surface area contributed by atoms with Gasteiger partial charge in [-0.1, -0.05) is 18.2 Å². The normalized spacial score (nSPS) is 10.7. The van der Waals surface area contributed by atoms with E-state index in [1.807, 2.05) is 55.6 Å². The predicted octanol–water partition coefficient (Wildman–Crippen LogP) is 5.12. The maximum atomic E-state index is 11.2. The molecule has 0 N–H and O–H groups in total. The maximum absolute atomic E-state index is 11.2. The van der Waals surface area contributed by atoms with Gasteiger partial charge in [0.15, 0.2) is 0 Å². The third kappa shape index (κ3) is 4.46. The summed E-state index contributed by atoms with van der Waals surface area (Å²) in [6, 6.07) is 16.0. The van der Waals surface area contributed by atoms with Crippen LogP contribution in [-0.2, 0) is 11.2 Å². The SMILES string of the molecule is COCCCc1cnc(-c2ccc(OC)cc2)c(-c2ccc(C=O)c(C)c2)c1. The molecule has 0 bridgehead atoms. The van der Waals surface area contributed by atoms with Crippen molar-refractivity contribution in [2.75, 3.05) is 20.8 Å². The van der Waals surface area contributed by atoms with Crippen molar-refractivity contribution in [2.24, 2.45) is 0 Å². The van der Waals surface area contributed by atoms with Crippen LogP contribution in [0.3, 0.4) is 0 Å². The number of aromatic nitrogens is 1. The van der Waals surface area contributed by atoms with Crippen molar-refractivity contribution in [2.45, 2.75) is 19.8 Å². The Morgan fingerprint density at radius 1 is 1.00 bits per heavy atom. The molecule has 1 aromatic heterocycles. The molecule has 4 nitrogen and oxygen atoms in total. The molecule has 0 atom stereocenters. The molecular weight excluding hydrogens is 350 g/mol. The van der Waals surface area contributed by atoms with Crippen LogP contribution >= 0.6 is 0 Å². The highest BCUT2D eigenvalue weighted by molar-refractivity contribution is 5.84. The zero-order valence-electron chi connectivity index (χ0n) is 16.6. The van der Waals surface area contributed by atoms with Crippen molar-refractivity contribution in [1.82, 2.24) is 4.98 Å². The molecule has 0 aliphatic heterocycles. The number of nitrogens with zero attached hydrogens (tertiary/aromatic N) is 1. The highest BCUT2D eigenvalue weighted by atomic mass is 16.5. The van der Waals surface area contributed by atoms with E-state index in [4.69, 9.17) is 14.5 Å². The van der Waals surface area contributed by atoms with Crippen LogP contribution in [0.25, 0.3) is 22.4 Å². The molecule has 1 heterocycles. The zero-order valence-corrected chi connectivity index (χ0v) is 16.6. The Morgan fingerprint density at radius 3 is 2.39 bits per heavy atom. The molecule has 0 aliphatic carbocycles. The van der Waals surface area contributed by atoms with Crippen LogP contribution < -0.4 is 4.74 Å². The van der Waals surface area contributed by atoms with Gasteiger partial charge in [0.25, 0.3) is 0 Å². The molecule has 2 aromatic carbocycles. The second kappa shape index (κ2) is 9.29. The van der Waals surface area contributed by atoms with Gasteiger partial charge < -0.3 is 9.47 Å². The van der Waals surface area contributed by atoms with Gasteiger partial charge in [-0.05, 0) is 66.8 Å². The van der Waals surface area contributed by atoms with Crippen LogP contribution in [0.1, 0.15) is 27.9 Å². The number of hydrogen-bond acceptors (Lipinski definition) is 4. The zero-order chi connectivity index (χ0) is 19.9. The van der Waals surface area contributed by atoms with Crippen molar-refractivity contribution in [3.63, 3.8) is 0 Å². The second-order valence-corrected chi connectivity index (χ2v) is 6.75. The van der Waals surface area contributed by atoms with Gasteiger partial charge in [-0.25, -0.2) is 0 Å². The first-order valence-electron chi connectivity index (χ1n) is 9.34. The summed E-state index contributed by atoms with van der Waals surface area (Å²) in [4.78, 5) is 16.0. The van der Waals surface area contributed by atoms with Crippen LogP contribution in [0.4, 0.5) is 0 Å². The molecule has 0 radical (unpaired) electrons. The lowest BCUT2D eigenvalue weighted by molar-refractivity contribution is 0.112. The Morgan fingerprint density at radius 2 is 1.75 bits per heavy atom. The topological polar surface area (TPSA) is 48.4 Å². The highest BCUT2D eigenvalue weighted by Crippen LogP contribution is 2.33. The molecule has 0 fully saturated rings. The van der Waals surface area contributed by atoms with E-state index in [1.165, 1.54) is 5.56 Å². The molecule has 0 saturated heterocycles. The van der Waals surface area contributed by atoms with E-state index >= 15 is 0 Å². The Bertz CT molecular complexity index is 949. The van der Waals surface area contributed by atoms with E-state index in [-0.39, 0.29) is 0 Å². The number of rotatable bonds is 8. The molecule has 3 rings (SSSR count). The second-order valence-electron chi connectivity index (χ2n) is 6.75. The summed E-state index contributed by atoms with van der Waals surface area (Å²) >= 11 is 0. The molecular formula is C24H25NO3. The molecule has 0 saturated carbocycles. The first-order chi connectivity index (χ1) is 13.7. The molecule has 4 heteroatoms. The first-order valence-corrected chi connectivity index (χ1v) is 9.34. The molecule has 0 spiro atoms. The summed E-state index contributed by atoms with van der Waals surface area (Å²) in [5.41, 5.74) is 6.88. The predicted molar refractivity (Wildman–Crippen MR) is 112 cm³/mol. The Hall–Kier alpha value is -2.98. The van der Waals surface area contributed by atoms with Crippen molar-refractivity contribution in [1.29, 1.82) is 0 Å². The quantitative estimate of drug-likeness (QED) is 0.405. The van der Waals surface area contributed by atoms with E-state index in [0.717, 1.165) is 59.4 Å². The summed E-state index contributed by atoms with van der Waals surface area (Å²) < 4.78 is 10.4. The Kier molecular flexibility index (Phi) is 6.56. The number of carbonyl (C=O) groups excluding carboxylic acids is 1. The smallest absolute Gasteiger partial charge is 0.150 e. The fourth-order valence-corrected chi connectivity index (χ4v) is 3.24. The average Bonchev–Trinajstić information content (AvgIpc) is 2.74. The summed E-state index contributed by atoms with van der Waals surface area (Å²) in [6.07, 6.45) is 4.68. The third-order valence-corrected chi connectivity index (χ3v) is 4.83. The lowest BCUT2D eigenvalue weighted by Crippen LogP contribution is -1.97. The number of pyridine rings is 1. The number of methoxy groups -OCH3 is 2. The van der Waals surface area contributed by atoms with Crippen LogP contribution in [0, 0.1) is 6.92 Å². The minimum Gasteiger partial charge on any atom is -0.497 e. The van der Waals surface area contributed by atoms with E-state index in [0.29, 0.717) is 5.56 Å². The van der Waals surface area contributed by atoms with E-state index in [9.17, 15) is 4.79 Å². The number of carbonyl (C=O) groups is 1. The van der Waals surface area contributed by atoms with Crippen molar-refractivity contribution in [3.05, 3.63) is 71.4 Å². The molecule has 144 valence electrons. The standard InChI is InChI=1S/C24H25NO3/c1-17-13-20(6-7-21(17)16-26)23-14-18(5-4-12-27-2)15-25-24(23)19-8-10-22(28-3)11-9-19/h6-11,13-16H,4-5,12H2,1-3H3. The van der Waals surface area contributed by atoms with E-state index in [1.54, 1.807) is 14.2 Å². The van der Waals surface area contributed by atoms with Gasteiger partial charge >= 0.3 is 0 Å². The fourth-order valence-electron chi connectivity index (χ4n) is 3.24. The van der Waals surface area contributed by atoms with Crippen LogP contribution in [0.2, 0.25) is 0 Å². The fraction of sp³-hybridized carbons (Fsp3) is 0.250. The number of ether oxygens (including phenoxy) is 2. The van der Waals surface area contributed by atoms with Gasteiger partial charge in [-0.15, -0.1) is 0 Å². The monoisotopic (exact) mass is 375 g/mol.